The van der Waals surface area contributed by atoms with Crippen molar-refractivity contribution < 1.29 is 4.42 Å². The van der Waals surface area contributed by atoms with Crippen molar-refractivity contribution in [2.24, 2.45) is 0 Å². The van der Waals surface area contributed by atoms with Crippen LogP contribution in [0.1, 0.15) is 25.0 Å². The molecule has 178 valence electrons. The molecule has 0 amide bonds. The molecule has 4 aromatic rings. The first kappa shape index (κ1) is 22.2. The van der Waals surface area contributed by atoms with Gasteiger partial charge in [-0.3, -0.25) is 9.69 Å². The van der Waals surface area contributed by atoms with Gasteiger partial charge in [0.15, 0.2) is 0 Å². The lowest BCUT2D eigenvalue weighted by molar-refractivity contribution is 0.499. The maximum atomic E-state index is 6.33. The number of para-hydroxylation sites is 1. The zero-order chi connectivity index (χ0) is 24.5. The highest BCUT2D eigenvalue weighted by atomic mass is 16.3. The van der Waals surface area contributed by atoms with Crippen molar-refractivity contribution in [2.75, 3.05) is 11.6 Å². The Morgan fingerprint density at radius 3 is 2.53 bits per heavy atom. The SMILES string of the molecule is C\C=C/C=c1\c(=C/CN(n2cc3c(c2)-c2ccccc2C3)C2(C)C=CC=CC=C2)oc2ccccc12. The van der Waals surface area contributed by atoms with Crippen LogP contribution in [-0.2, 0) is 6.42 Å². The molecule has 0 radical (unpaired) electrons. The Balaban J connectivity index is 1.47. The average molecular weight is 471 g/mol. The molecule has 2 aliphatic rings. The molecule has 6 rings (SSSR count). The standard InChI is InChI=1S/C33H30N2O/c1-3-4-14-28-29-16-9-10-17-31(29)36-32(28)18-21-35(33(2)19-11-5-6-12-20-33)34-23-26-22-25-13-7-8-15-27(25)30(26)24-34/h3-20,23-24H,21-22H2,1-2H3/b4-3-,28-14-,32-18+. The van der Waals surface area contributed by atoms with Crippen LogP contribution in [-0.4, -0.2) is 16.8 Å². The van der Waals surface area contributed by atoms with Crippen molar-refractivity contribution in [3.05, 3.63) is 131 Å². The van der Waals surface area contributed by atoms with Gasteiger partial charge in [0, 0.05) is 35.0 Å². The Labute approximate surface area is 211 Å². The first-order valence-corrected chi connectivity index (χ1v) is 12.6. The summed E-state index contributed by atoms with van der Waals surface area (Å²) in [6, 6.07) is 17.0. The van der Waals surface area contributed by atoms with Gasteiger partial charge in [-0.05, 0) is 42.7 Å². The molecule has 2 heterocycles. The number of furan rings is 1. The van der Waals surface area contributed by atoms with Gasteiger partial charge in [0.05, 0.1) is 12.1 Å². The minimum Gasteiger partial charge on any atom is -0.456 e. The van der Waals surface area contributed by atoms with Crippen LogP contribution in [0.3, 0.4) is 0 Å². The molecule has 0 N–H and O–H groups in total. The summed E-state index contributed by atoms with van der Waals surface area (Å²) < 4.78 is 8.60. The summed E-state index contributed by atoms with van der Waals surface area (Å²) in [4.78, 5) is 0. The highest BCUT2D eigenvalue weighted by Gasteiger charge is 2.29. The van der Waals surface area contributed by atoms with Gasteiger partial charge in [0.1, 0.15) is 11.0 Å². The van der Waals surface area contributed by atoms with E-state index in [2.05, 4.69) is 120 Å². The first-order valence-electron chi connectivity index (χ1n) is 12.6. The van der Waals surface area contributed by atoms with Gasteiger partial charge in [-0.25, -0.2) is 0 Å². The van der Waals surface area contributed by atoms with Crippen molar-refractivity contribution in [2.45, 2.75) is 25.8 Å². The van der Waals surface area contributed by atoms with Crippen LogP contribution in [0.25, 0.3) is 34.2 Å². The molecular weight excluding hydrogens is 440 g/mol. The molecule has 2 aliphatic carbocycles. The van der Waals surface area contributed by atoms with E-state index >= 15 is 0 Å². The molecule has 0 bridgehead atoms. The topological polar surface area (TPSA) is 21.3 Å². The lowest BCUT2D eigenvalue weighted by Gasteiger charge is -2.39. The van der Waals surface area contributed by atoms with Gasteiger partial charge < -0.3 is 4.42 Å². The minimum absolute atomic E-state index is 0.314. The second kappa shape index (κ2) is 9.09. The van der Waals surface area contributed by atoms with Crippen molar-refractivity contribution in [3.63, 3.8) is 0 Å². The fourth-order valence-electron chi connectivity index (χ4n) is 5.31. The number of hydrogen-bond acceptors (Lipinski definition) is 2. The fraction of sp³-hybridized carbons (Fsp3) is 0.152. The number of fused-ring (bicyclic) bond motifs is 4. The third kappa shape index (κ3) is 3.87. The van der Waals surface area contributed by atoms with E-state index in [1.807, 2.05) is 25.1 Å². The maximum absolute atomic E-state index is 6.33. The lowest BCUT2D eigenvalue weighted by atomic mass is 10.0. The summed E-state index contributed by atoms with van der Waals surface area (Å²) in [6.07, 6.45) is 27.0. The van der Waals surface area contributed by atoms with Crippen LogP contribution in [0.5, 0.6) is 0 Å². The van der Waals surface area contributed by atoms with E-state index in [4.69, 9.17) is 4.42 Å². The summed E-state index contributed by atoms with van der Waals surface area (Å²) in [5, 5.41) is 4.64. The van der Waals surface area contributed by atoms with E-state index in [9.17, 15) is 0 Å². The highest BCUT2D eigenvalue weighted by molar-refractivity contribution is 5.79. The van der Waals surface area contributed by atoms with Gasteiger partial charge in [-0.1, -0.05) is 97.1 Å². The van der Waals surface area contributed by atoms with Gasteiger partial charge in [0.2, 0.25) is 0 Å². The molecule has 3 nitrogen and oxygen atoms in total. The summed E-state index contributed by atoms with van der Waals surface area (Å²) in [5.41, 5.74) is 6.93. The molecule has 0 fully saturated rings. The van der Waals surface area contributed by atoms with Crippen molar-refractivity contribution in [1.82, 2.24) is 4.68 Å². The maximum Gasteiger partial charge on any atom is 0.135 e. The van der Waals surface area contributed by atoms with Crippen molar-refractivity contribution in [1.29, 1.82) is 0 Å². The predicted molar refractivity (Wildman–Crippen MR) is 151 cm³/mol. The Hall–Kier alpha value is -4.24. The third-order valence-electron chi connectivity index (χ3n) is 7.19. The number of allylic oxidation sites excluding steroid dienone is 6. The normalized spacial score (nSPS) is 16.7. The molecule has 2 aromatic heterocycles. The quantitative estimate of drug-likeness (QED) is 0.313. The lowest BCUT2D eigenvalue weighted by Crippen LogP contribution is -2.50. The van der Waals surface area contributed by atoms with Crippen LogP contribution < -0.4 is 15.6 Å². The van der Waals surface area contributed by atoms with Crippen LogP contribution in [0.2, 0.25) is 0 Å². The molecule has 0 unspecified atom stereocenters. The predicted octanol–water partition coefficient (Wildman–Crippen LogP) is 6.02. The molecular formula is C33H30N2O. The Morgan fingerprint density at radius 1 is 0.917 bits per heavy atom. The number of rotatable bonds is 5. The summed E-state index contributed by atoms with van der Waals surface area (Å²) >= 11 is 0. The Morgan fingerprint density at radius 2 is 1.69 bits per heavy atom. The Kier molecular flexibility index (Phi) is 5.61. The van der Waals surface area contributed by atoms with Crippen molar-refractivity contribution in [3.8, 4) is 11.1 Å². The van der Waals surface area contributed by atoms with Gasteiger partial charge in [-0.15, -0.1) is 0 Å². The van der Waals surface area contributed by atoms with Crippen LogP contribution in [0.4, 0.5) is 0 Å². The number of benzene rings is 2. The molecule has 0 aliphatic heterocycles. The molecule has 0 saturated heterocycles. The second-order valence-corrected chi connectivity index (χ2v) is 9.59. The summed E-state index contributed by atoms with van der Waals surface area (Å²) in [6.45, 7) is 4.97. The zero-order valence-electron chi connectivity index (χ0n) is 20.8. The summed E-state index contributed by atoms with van der Waals surface area (Å²) in [5.74, 6) is 0. The summed E-state index contributed by atoms with van der Waals surface area (Å²) in [7, 11) is 0. The van der Waals surface area contributed by atoms with Crippen molar-refractivity contribution >= 4 is 23.1 Å². The van der Waals surface area contributed by atoms with Gasteiger partial charge in [-0.2, -0.15) is 0 Å². The Bertz CT molecular complexity index is 1660. The van der Waals surface area contributed by atoms with Gasteiger partial charge in [0.25, 0.3) is 0 Å². The largest absolute Gasteiger partial charge is 0.456 e. The van der Waals surface area contributed by atoms with E-state index in [1.165, 1.54) is 22.3 Å². The molecule has 0 saturated carbocycles. The molecule has 3 heteroatoms. The molecule has 2 aromatic carbocycles. The third-order valence-corrected chi connectivity index (χ3v) is 7.19. The van der Waals surface area contributed by atoms with E-state index in [0.717, 1.165) is 28.0 Å². The first-order chi connectivity index (χ1) is 17.7. The second-order valence-electron chi connectivity index (χ2n) is 9.59. The molecule has 36 heavy (non-hydrogen) atoms. The monoisotopic (exact) mass is 470 g/mol. The van der Waals surface area contributed by atoms with Gasteiger partial charge >= 0.3 is 0 Å². The fourth-order valence-corrected chi connectivity index (χ4v) is 5.31. The number of hydrogen-bond donors (Lipinski definition) is 0. The van der Waals surface area contributed by atoms with E-state index < -0.39 is 0 Å². The van der Waals surface area contributed by atoms with E-state index in [-0.39, 0.29) is 5.54 Å². The van der Waals surface area contributed by atoms with E-state index in [0.29, 0.717) is 6.54 Å². The van der Waals surface area contributed by atoms with Crippen LogP contribution >= 0.6 is 0 Å². The number of nitrogens with zero attached hydrogens (tertiary/aromatic N) is 2. The minimum atomic E-state index is -0.314. The zero-order valence-corrected chi connectivity index (χ0v) is 20.8. The highest BCUT2D eigenvalue weighted by Crippen LogP contribution is 2.37. The van der Waals surface area contributed by atoms with Crippen LogP contribution in [0.15, 0.2) is 114 Å². The molecule has 0 spiro atoms. The average Bonchev–Trinajstić information content (AvgIpc) is 3.50. The molecule has 0 atom stereocenters. The van der Waals surface area contributed by atoms with Crippen LogP contribution in [0, 0.1) is 0 Å². The number of aromatic nitrogens is 1. The smallest absolute Gasteiger partial charge is 0.135 e. The van der Waals surface area contributed by atoms with E-state index in [1.54, 1.807) is 0 Å².